The van der Waals surface area contributed by atoms with Crippen LogP contribution in [-0.4, -0.2) is 67.2 Å². The van der Waals surface area contributed by atoms with Crippen LogP contribution in [0.4, 0.5) is 8.78 Å². The average molecular weight is 702 g/mol. The van der Waals surface area contributed by atoms with Gasteiger partial charge in [0, 0.05) is 43.3 Å². The number of hydrogen-bond donors (Lipinski definition) is 2. The third kappa shape index (κ3) is 7.51. The monoisotopic (exact) mass is 701 g/mol. The van der Waals surface area contributed by atoms with Crippen molar-refractivity contribution in [2.75, 3.05) is 26.8 Å². The Morgan fingerprint density at radius 2 is 1.90 bits per heavy atom. The fourth-order valence-electron chi connectivity index (χ4n) is 7.49. The van der Waals surface area contributed by atoms with Crippen LogP contribution in [-0.2, 0) is 21.2 Å². The normalized spacial score (nSPS) is 25.1. The van der Waals surface area contributed by atoms with Crippen molar-refractivity contribution in [1.29, 1.82) is 0 Å². The van der Waals surface area contributed by atoms with Crippen LogP contribution in [0.5, 0.6) is 0 Å². The second kappa shape index (κ2) is 15.0. The topological polar surface area (TPSA) is 104 Å². The van der Waals surface area contributed by atoms with Gasteiger partial charge in [-0.2, -0.15) is 4.31 Å². The molecule has 48 heavy (non-hydrogen) atoms. The zero-order valence-corrected chi connectivity index (χ0v) is 29.4. The third-order valence-electron chi connectivity index (χ3n) is 10.4. The number of hydrogen-bond acceptors (Lipinski definition) is 7. The lowest BCUT2D eigenvalue weighted by molar-refractivity contribution is -0.0727. The molecule has 0 radical (unpaired) electrons. The van der Waals surface area contributed by atoms with Crippen molar-refractivity contribution in [3.05, 3.63) is 99.4 Å². The predicted octanol–water partition coefficient (Wildman–Crippen LogP) is 7.02. The van der Waals surface area contributed by atoms with E-state index in [0.717, 1.165) is 34.6 Å². The number of fused-ring (bicyclic) bond motifs is 8. The maximum Gasteiger partial charge on any atom is 0.252 e. The lowest BCUT2D eigenvalue weighted by Gasteiger charge is -2.46. The summed E-state index contributed by atoms with van der Waals surface area (Å²) in [5.74, 6) is -3.03. The zero-order chi connectivity index (χ0) is 34.7. The molecule has 260 valence electrons. The molecular weight excluding hydrogens is 657 g/mol. The Kier molecular flexibility index (Phi) is 11.4. The number of ether oxygens (including phenoxy) is 1. The van der Waals surface area contributed by atoms with Crippen molar-refractivity contribution < 1.29 is 36.9 Å². The van der Waals surface area contributed by atoms with E-state index in [1.165, 1.54) is 10.4 Å². The summed E-state index contributed by atoms with van der Waals surface area (Å²) in [7, 11) is -2.37. The highest BCUT2D eigenvalue weighted by atomic mass is 32.2. The first-order chi connectivity index (χ1) is 22.8. The molecule has 0 spiro atoms. The number of methoxy groups -OCH3 is 1. The average Bonchev–Trinajstić information content (AvgIpc) is 3.68. The number of nitrogens with zero attached hydrogens (tertiary/aromatic N) is 1. The molecule has 1 saturated carbocycles. The van der Waals surface area contributed by atoms with Crippen molar-refractivity contribution >= 4 is 27.1 Å². The number of ketones is 1. The van der Waals surface area contributed by atoms with Gasteiger partial charge in [-0.25, -0.2) is 17.2 Å². The van der Waals surface area contributed by atoms with Crippen molar-refractivity contribution in [2.45, 2.75) is 87.0 Å². The molecule has 2 bridgehead atoms. The highest BCUT2D eigenvalue weighted by Crippen LogP contribution is 2.59. The van der Waals surface area contributed by atoms with Crippen LogP contribution in [0.2, 0.25) is 0 Å². The van der Waals surface area contributed by atoms with Gasteiger partial charge in [-0.15, -0.1) is 11.3 Å². The van der Waals surface area contributed by atoms with E-state index in [9.17, 15) is 32.2 Å². The number of thiophene rings is 1. The second-order valence-electron chi connectivity index (χ2n) is 13.5. The lowest BCUT2D eigenvalue weighted by Crippen LogP contribution is -2.54. The van der Waals surface area contributed by atoms with Crippen molar-refractivity contribution in [2.24, 2.45) is 5.41 Å². The Labute approximate surface area is 286 Å². The number of rotatable bonds is 10. The first-order valence-corrected chi connectivity index (χ1v) is 18.8. The molecule has 1 aromatic heterocycles. The van der Waals surface area contributed by atoms with Crippen LogP contribution in [0.3, 0.4) is 0 Å². The third-order valence-corrected chi connectivity index (χ3v) is 13.6. The molecule has 11 heteroatoms. The number of carbonyl (C=O) groups excluding carboxylic acids is 1. The van der Waals surface area contributed by atoms with Crippen LogP contribution in [0, 0.1) is 17.0 Å². The number of aliphatic hydroxyl groups is 2. The minimum absolute atomic E-state index is 0.00570. The van der Waals surface area contributed by atoms with Gasteiger partial charge in [0.25, 0.3) is 10.0 Å². The van der Waals surface area contributed by atoms with Gasteiger partial charge >= 0.3 is 0 Å². The molecule has 4 atom stereocenters. The molecule has 3 aromatic rings. The van der Waals surface area contributed by atoms with Gasteiger partial charge in [0.1, 0.15) is 4.21 Å². The van der Waals surface area contributed by atoms with E-state index in [2.05, 4.69) is 6.08 Å². The van der Waals surface area contributed by atoms with Gasteiger partial charge in [0.05, 0.1) is 11.7 Å². The van der Waals surface area contributed by atoms with Gasteiger partial charge in [-0.1, -0.05) is 36.8 Å². The first kappa shape index (κ1) is 36.5. The van der Waals surface area contributed by atoms with Crippen LogP contribution in [0.1, 0.15) is 91.8 Å². The van der Waals surface area contributed by atoms with Gasteiger partial charge in [0.2, 0.25) is 0 Å². The largest absolute Gasteiger partial charge is 0.393 e. The van der Waals surface area contributed by atoms with Gasteiger partial charge in [0.15, 0.2) is 17.4 Å². The van der Waals surface area contributed by atoms with Gasteiger partial charge < -0.3 is 14.9 Å². The molecule has 0 aliphatic heterocycles. The molecule has 2 N–H and O–H groups in total. The molecule has 6 rings (SSSR count). The van der Waals surface area contributed by atoms with E-state index in [1.54, 1.807) is 30.7 Å². The molecule has 0 amide bonds. The number of aliphatic hydroxyl groups excluding tert-OH is 1. The SMILES string of the molecule is COCCCN(CC1(O)CCC2c3ccc(cc3C(=O)c3ccc(F)c(F)c3)CC(O)CCC(C)=CCCC21C)S(=O)(=O)c1cccs1. The molecular formula is C37H45F2NO6S2. The quantitative estimate of drug-likeness (QED) is 0.134. The van der Waals surface area contributed by atoms with Crippen molar-refractivity contribution in [3.8, 4) is 0 Å². The number of sulfonamides is 1. The minimum Gasteiger partial charge on any atom is -0.393 e. The van der Waals surface area contributed by atoms with E-state index in [0.29, 0.717) is 62.7 Å². The van der Waals surface area contributed by atoms with Crippen LogP contribution in [0.15, 0.2) is 69.8 Å². The first-order valence-electron chi connectivity index (χ1n) is 16.5. The van der Waals surface area contributed by atoms with Crippen LogP contribution < -0.4 is 0 Å². The Hall–Kier alpha value is -2.80. The second-order valence-corrected chi connectivity index (χ2v) is 16.6. The number of allylic oxidation sites excluding steroid dienone is 2. The maximum atomic E-state index is 14.3. The molecule has 3 aliphatic carbocycles. The molecule has 7 nitrogen and oxygen atoms in total. The van der Waals surface area contributed by atoms with Gasteiger partial charge in [-0.05, 0) is 111 Å². The fourth-order valence-corrected chi connectivity index (χ4v) is 10.2. The smallest absolute Gasteiger partial charge is 0.252 e. The molecule has 1 heterocycles. The summed E-state index contributed by atoms with van der Waals surface area (Å²) < 4.78 is 62.8. The van der Waals surface area contributed by atoms with E-state index in [-0.39, 0.29) is 35.2 Å². The minimum atomic E-state index is -3.93. The van der Waals surface area contributed by atoms with Crippen LogP contribution >= 0.6 is 11.3 Å². The summed E-state index contributed by atoms with van der Waals surface area (Å²) in [5, 5.41) is 25.3. The Bertz CT molecular complexity index is 1740. The standard InChI is InChI=1S/C37H45F2NO6S2/c1-25-7-4-16-36(2)31(15-17-37(36,43)24-40(18-6-19-46-3)48(44,45)34-8-5-20-47-34)29-13-10-26(21-28(41)12-9-25)22-30(29)35(42)27-11-14-32(38)33(39)23-27/h5,7-8,10-11,13-14,20,22-23,28,31,41,43H,4,6,9,12,15-19,21,24H2,1-3H3. The number of carbonyl (C=O) groups is 1. The van der Waals surface area contributed by atoms with E-state index < -0.39 is 44.6 Å². The summed E-state index contributed by atoms with van der Waals surface area (Å²) in [6.07, 6.45) is 5.31. The molecule has 4 unspecified atom stereocenters. The lowest BCUT2D eigenvalue weighted by atomic mass is 9.64. The van der Waals surface area contributed by atoms with Crippen molar-refractivity contribution in [3.63, 3.8) is 0 Å². The highest BCUT2D eigenvalue weighted by molar-refractivity contribution is 7.91. The Morgan fingerprint density at radius 3 is 2.60 bits per heavy atom. The van der Waals surface area contributed by atoms with E-state index in [1.807, 2.05) is 26.0 Å². The molecule has 2 aromatic carbocycles. The highest BCUT2D eigenvalue weighted by Gasteiger charge is 2.58. The van der Waals surface area contributed by atoms with E-state index >= 15 is 0 Å². The van der Waals surface area contributed by atoms with Gasteiger partial charge in [-0.3, -0.25) is 4.79 Å². The summed E-state index contributed by atoms with van der Waals surface area (Å²) in [4.78, 5) is 14.1. The maximum absolute atomic E-state index is 14.3. The Balaban J connectivity index is 1.62. The Morgan fingerprint density at radius 1 is 1.10 bits per heavy atom. The number of benzene rings is 2. The summed E-state index contributed by atoms with van der Waals surface area (Å²) in [6.45, 7) is 4.39. The fraction of sp³-hybridized carbons (Fsp3) is 0.486. The summed E-state index contributed by atoms with van der Waals surface area (Å²) >= 11 is 1.13. The summed E-state index contributed by atoms with van der Waals surface area (Å²) in [6, 6.07) is 11.8. The molecule has 0 saturated heterocycles. The zero-order valence-electron chi connectivity index (χ0n) is 27.8. The molecule has 1 fully saturated rings. The predicted molar refractivity (Wildman–Crippen MR) is 183 cm³/mol. The summed E-state index contributed by atoms with van der Waals surface area (Å²) in [5.41, 5.74) is 0.459. The van der Waals surface area contributed by atoms with Crippen LogP contribution in [0.25, 0.3) is 0 Å². The molecule has 3 aliphatic rings. The van der Waals surface area contributed by atoms with Crippen molar-refractivity contribution in [1.82, 2.24) is 4.31 Å². The number of halogens is 2. The van der Waals surface area contributed by atoms with E-state index in [4.69, 9.17) is 4.74 Å².